The van der Waals surface area contributed by atoms with Crippen LogP contribution in [0.1, 0.15) is 80.4 Å². The molecule has 0 saturated heterocycles. The van der Waals surface area contributed by atoms with E-state index in [-0.39, 0.29) is 0 Å². The first-order valence-electron chi connectivity index (χ1n) is 11.6. The molecule has 2 N–H and O–H groups in total. The van der Waals surface area contributed by atoms with Crippen molar-refractivity contribution in [1.82, 2.24) is 25.6 Å². The van der Waals surface area contributed by atoms with E-state index in [0.29, 0.717) is 0 Å². The summed E-state index contributed by atoms with van der Waals surface area (Å²) in [5, 5.41) is 9.76. The Bertz CT molecular complexity index is 821. The summed E-state index contributed by atoms with van der Waals surface area (Å²) in [6, 6.07) is 0. The summed E-state index contributed by atoms with van der Waals surface area (Å²) in [6.07, 6.45) is 16.7. The average Bonchev–Trinajstić information content (AvgIpc) is 3.44. The number of rotatable bonds is 10. The molecule has 0 atom stereocenters. The van der Waals surface area contributed by atoms with Gasteiger partial charge in [-0.15, -0.1) is 11.3 Å². The van der Waals surface area contributed by atoms with E-state index in [0.717, 1.165) is 46.7 Å². The maximum absolute atomic E-state index is 4.58. The minimum absolute atomic E-state index is 0.793. The third-order valence-corrected chi connectivity index (χ3v) is 6.45. The van der Waals surface area contributed by atoms with Crippen molar-refractivity contribution >= 4 is 22.7 Å². The van der Waals surface area contributed by atoms with Crippen LogP contribution in [0.25, 0.3) is 11.4 Å². The van der Waals surface area contributed by atoms with E-state index in [2.05, 4.69) is 57.5 Å². The van der Waals surface area contributed by atoms with Crippen molar-refractivity contribution in [2.75, 3.05) is 13.6 Å². The lowest BCUT2D eigenvalue weighted by Gasteiger charge is -2.11. The van der Waals surface area contributed by atoms with Crippen molar-refractivity contribution in [3.63, 3.8) is 0 Å². The quantitative estimate of drug-likeness (QED) is 0.434. The highest BCUT2D eigenvalue weighted by Crippen LogP contribution is 2.28. The molecule has 170 valence electrons. The Balaban J connectivity index is 0.000000262. The van der Waals surface area contributed by atoms with Crippen molar-refractivity contribution in [1.29, 1.82) is 0 Å². The maximum Gasteiger partial charge on any atom is 0.139 e. The zero-order valence-corrected chi connectivity index (χ0v) is 20.5. The van der Waals surface area contributed by atoms with Gasteiger partial charge in [-0.1, -0.05) is 58.1 Å². The number of thiazole rings is 1. The molecule has 0 spiro atoms. The number of aryl methyl sites for hydroxylation is 2. The second kappa shape index (κ2) is 14.0. The number of unbranched alkanes of at least 4 members (excludes halogenated alkanes) is 1. The Labute approximate surface area is 192 Å². The second-order valence-electron chi connectivity index (χ2n) is 8.17. The zero-order valence-electron chi connectivity index (χ0n) is 19.7. The first-order chi connectivity index (χ1) is 15.0. The molecule has 0 amide bonds. The molecule has 1 aliphatic carbocycles. The van der Waals surface area contributed by atoms with Gasteiger partial charge in [0.05, 0.1) is 23.3 Å². The van der Waals surface area contributed by atoms with Crippen molar-refractivity contribution in [3.05, 3.63) is 52.5 Å². The van der Waals surface area contributed by atoms with Gasteiger partial charge in [0.15, 0.2) is 0 Å². The number of aromatic nitrogens is 3. The molecule has 1 saturated carbocycles. The van der Waals surface area contributed by atoms with Gasteiger partial charge in [0.25, 0.3) is 0 Å². The highest BCUT2D eigenvalue weighted by atomic mass is 32.1. The predicted octanol–water partition coefficient (Wildman–Crippen LogP) is 6.13. The third-order valence-electron chi connectivity index (χ3n) is 5.45. The molecule has 6 heteroatoms. The molecule has 31 heavy (non-hydrogen) atoms. The Morgan fingerprint density at radius 1 is 1.16 bits per heavy atom. The van der Waals surface area contributed by atoms with E-state index in [9.17, 15) is 0 Å². The van der Waals surface area contributed by atoms with Gasteiger partial charge >= 0.3 is 0 Å². The SMILES string of the molecule is C=C(NC)c1cncc(C)n1.CCC=C(NCCCCC1CCCC1)c1nc(C)cs1. The predicted molar refractivity (Wildman–Crippen MR) is 134 cm³/mol. The molecule has 1 aliphatic rings. The van der Waals surface area contributed by atoms with Gasteiger partial charge in [0.2, 0.25) is 0 Å². The van der Waals surface area contributed by atoms with Crippen LogP contribution in [0.2, 0.25) is 0 Å². The molecule has 1 fully saturated rings. The van der Waals surface area contributed by atoms with Crippen LogP contribution in [-0.2, 0) is 0 Å². The lowest BCUT2D eigenvalue weighted by Crippen LogP contribution is -2.14. The Morgan fingerprint density at radius 2 is 1.94 bits per heavy atom. The van der Waals surface area contributed by atoms with Gasteiger partial charge in [-0.3, -0.25) is 4.98 Å². The molecule has 3 rings (SSSR count). The largest absolute Gasteiger partial charge is 0.387 e. The third kappa shape index (κ3) is 9.21. The molecule has 0 aliphatic heterocycles. The molecule has 0 radical (unpaired) electrons. The van der Waals surface area contributed by atoms with Crippen LogP contribution in [-0.4, -0.2) is 28.5 Å². The number of nitrogens with one attached hydrogen (secondary N) is 2. The van der Waals surface area contributed by atoms with E-state index in [1.807, 2.05) is 14.0 Å². The lowest BCUT2D eigenvalue weighted by atomic mass is 10.0. The lowest BCUT2D eigenvalue weighted by molar-refractivity contribution is 0.472. The van der Waals surface area contributed by atoms with Gasteiger partial charge in [-0.05, 0) is 32.6 Å². The minimum Gasteiger partial charge on any atom is -0.387 e. The molecule has 2 heterocycles. The van der Waals surface area contributed by atoms with E-state index >= 15 is 0 Å². The van der Waals surface area contributed by atoms with Gasteiger partial charge in [0, 0.05) is 30.9 Å². The monoisotopic (exact) mass is 441 g/mol. The zero-order chi connectivity index (χ0) is 22.5. The van der Waals surface area contributed by atoms with E-state index in [1.54, 1.807) is 23.7 Å². The molecule has 0 bridgehead atoms. The van der Waals surface area contributed by atoms with Crippen LogP contribution in [0.5, 0.6) is 0 Å². The summed E-state index contributed by atoms with van der Waals surface area (Å²) in [5.41, 5.74) is 4.84. The standard InChI is InChI=1S/C17H28N2S.C8H11N3/c1-3-8-16(17-19-14(2)13-20-17)18-12-7-6-11-15-9-4-5-10-15;1-6-4-10-5-8(11-6)7(2)9-3/h8,13,15,18H,3-7,9-12H2,1-2H3;4-5,9H,2H2,1,3H3. The molecule has 0 unspecified atom stereocenters. The summed E-state index contributed by atoms with van der Waals surface area (Å²) in [4.78, 5) is 12.8. The van der Waals surface area contributed by atoms with Crippen LogP contribution in [0.15, 0.2) is 30.4 Å². The van der Waals surface area contributed by atoms with Crippen LogP contribution >= 0.6 is 11.3 Å². The fourth-order valence-corrected chi connectivity index (χ4v) is 4.55. The summed E-state index contributed by atoms with van der Waals surface area (Å²) in [5.74, 6) is 1.03. The van der Waals surface area contributed by atoms with E-state index in [4.69, 9.17) is 0 Å². The van der Waals surface area contributed by atoms with Gasteiger partial charge in [-0.25, -0.2) is 9.97 Å². The first kappa shape index (κ1) is 25.1. The molecule has 2 aromatic rings. The molecule has 0 aromatic carbocycles. The smallest absolute Gasteiger partial charge is 0.139 e. The van der Waals surface area contributed by atoms with E-state index < -0.39 is 0 Å². The van der Waals surface area contributed by atoms with Crippen molar-refractivity contribution < 1.29 is 0 Å². The summed E-state index contributed by atoms with van der Waals surface area (Å²) >= 11 is 1.74. The molecular formula is C25H39N5S. The van der Waals surface area contributed by atoms with Crippen LogP contribution in [0.4, 0.5) is 0 Å². The minimum atomic E-state index is 0.793. The van der Waals surface area contributed by atoms with Crippen molar-refractivity contribution in [2.24, 2.45) is 5.92 Å². The van der Waals surface area contributed by atoms with Crippen LogP contribution in [0, 0.1) is 19.8 Å². The summed E-state index contributed by atoms with van der Waals surface area (Å²) in [6.45, 7) is 11.0. The van der Waals surface area contributed by atoms with Gasteiger partial charge in [0.1, 0.15) is 10.7 Å². The number of hydrogen-bond acceptors (Lipinski definition) is 6. The average molecular weight is 442 g/mol. The maximum atomic E-state index is 4.58. The topological polar surface area (TPSA) is 62.7 Å². The molecular weight excluding hydrogens is 402 g/mol. The number of nitrogens with zero attached hydrogens (tertiary/aromatic N) is 3. The fraction of sp³-hybridized carbons (Fsp3) is 0.560. The van der Waals surface area contributed by atoms with Crippen molar-refractivity contribution in [3.8, 4) is 0 Å². The van der Waals surface area contributed by atoms with Gasteiger partial charge in [-0.2, -0.15) is 0 Å². The number of hydrogen-bond donors (Lipinski definition) is 2. The normalized spacial score (nSPS) is 14.1. The Kier molecular flexibility index (Phi) is 11.3. The molecule has 5 nitrogen and oxygen atoms in total. The highest BCUT2D eigenvalue weighted by Gasteiger charge is 2.14. The van der Waals surface area contributed by atoms with Gasteiger partial charge < -0.3 is 10.6 Å². The van der Waals surface area contributed by atoms with E-state index in [1.165, 1.54) is 50.6 Å². The first-order valence-corrected chi connectivity index (χ1v) is 12.4. The molecule has 2 aromatic heterocycles. The number of allylic oxidation sites excluding steroid dienone is 1. The van der Waals surface area contributed by atoms with Crippen molar-refractivity contribution in [2.45, 2.75) is 72.1 Å². The van der Waals surface area contributed by atoms with Crippen LogP contribution < -0.4 is 10.6 Å². The van der Waals surface area contributed by atoms with Crippen LogP contribution in [0.3, 0.4) is 0 Å². The summed E-state index contributed by atoms with van der Waals surface area (Å²) in [7, 11) is 1.81. The highest BCUT2D eigenvalue weighted by molar-refractivity contribution is 7.10. The second-order valence-corrected chi connectivity index (χ2v) is 9.03. The Morgan fingerprint density at radius 3 is 2.55 bits per heavy atom. The summed E-state index contributed by atoms with van der Waals surface area (Å²) < 4.78 is 0. The Hall–Kier alpha value is -2.21. The fourth-order valence-electron chi connectivity index (χ4n) is 3.73.